The van der Waals surface area contributed by atoms with E-state index >= 15 is 0 Å². The summed E-state index contributed by atoms with van der Waals surface area (Å²) in [5.41, 5.74) is 0. The Hall–Kier alpha value is 0.440. The third-order valence-electron chi connectivity index (χ3n) is 4.39. The van der Waals surface area contributed by atoms with Gasteiger partial charge in [0.1, 0.15) is 0 Å². The lowest BCUT2D eigenvalue weighted by Gasteiger charge is -2.45. The first-order chi connectivity index (χ1) is 6.70. The van der Waals surface area contributed by atoms with Crippen LogP contribution in [0.5, 0.6) is 0 Å². The molecule has 0 aromatic heterocycles. The van der Waals surface area contributed by atoms with Gasteiger partial charge in [0, 0.05) is 17.9 Å². The molecule has 4 unspecified atom stereocenters. The van der Waals surface area contributed by atoms with Crippen LogP contribution in [0.15, 0.2) is 0 Å². The number of rotatable bonds is 1. The van der Waals surface area contributed by atoms with E-state index in [0.29, 0.717) is 0 Å². The highest BCUT2D eigenvalue weighted by molar-refractivity contribution is 9.09. The first-order valence-electron chi connectivity index (χ1n) is 5.97. The summed E-state index contributed by atoms with van der Waals surface area (Å²) >= 11 is 3.64. The number of nitrogens with zero attached hydrogens (tertiary/aromatic N) is 1. The zero-order valence-corrected chi connectivity index (χ0v) is 11.0. The van der Waals surface area contributed by atoms with Crippen LogP contribution in [-0.4, -0.2) is 29.9 Å². The minimum atomic E-state index is 0.810. The second kappa shape index (κ2) is 4.52. The summed E-state index contributed by atoms with van der Waals surface area (Å²) in [6.07, 6.45) is 5.84. The zero-order valence-electron chi connectivity index (χ0n) is 9.38. The SMILES string of the molecule is CC1CC2CC(CBr)CCC2CN1C. The molecule has 1 saturated carbocycles. The maximum Gasteiger partial charge on any atom is 0.00667 e. The Bertz CT molecular complexity index is 191. The van der Waals surface area contributed by atoms with Crippen LogP contribution in [0.1, 0.15) is 32.6 Å². The van der Waals surface area contributed by atoms with E-state index in [4.69, 9.17) is 0 Å². The second-order valence-electron chi connectivity index (χ2n) is 5.38. The minimum Gasteiger partial charge on any atom is -0.303 e. The van der Waals surface area contributed by atoms with Crippen molar-refractivity contribution < 1.29 is 0 Å². The Morgan fingerprint density at radius 3 is 2.71 bits per heavy atom. The van der Waals surface area contributed by atoms with Crippen LogP contribution in [0.2, 0.25) is 0 Å². The van der Waals surface area contributed by atoms with Gasteiger partial charge in [-0.15, -0.1) is 0 Å². The van der Waals surface area contributed by atoms with Gasteiger partial charge in [-0.05, 0) is 57.4 Å². The van der Waals surface area contributed by atoms with Crippen LogP contribution in [0.4, 0.5) is 0 Å². The van der Waals surface area contributed by atoms with Crippen LogP contribution in [0, 0.1) is 17.8 Å². The molecule has 4 atom stereocenters. The lowest BCUT2D eigenvalue weighted by molar-refractivity contribution is 0.0503. The van der Waals surface area contributed by atoms with Gasteiger partial charge >= 0.3 is 0 Å². The summed E-state index contributed by atoms with van der Waals surface area (Å²) in [5.74, 6) is 3.00. The monoisotopic (exact) mass is 259 g/mol. The number of hydrogen-bond donors (Lipinski definition) is 0. The lowest BCUT2D eigenvalue weighted by atomic mass is 9.70. The fraction of sp³-hybridized carbons (Fsp3) is 1.00. The van der Waals surface area contributed by atoms with E-state index in [-0.39, 0.29) is 0 Å². The van der Waals surface area contributed by atoms with Gasteiger partial charge in [0.2, 0.25) is 0 Å². The topological polar surface area (TPSA) is 3.24 Å². The van der Waals surface area contributed by atoms with Crippen LogP contribution < -0.4 is 0 Å². The predicted molar refractivity (Wildman–Crippen MR) is 64.8 cm³/mol. The minimum absolute atomic E-state index is 0.810. The Labute approximate surface area is 96.4 Å². The largest absolute Gasteiger partial charge is 0.303 e. The molecule has 0 spiro atoms. The molecule has 2 heteroatoms. The maximum atomic E-state index is 3.64. The number of likely N-dealkylation sites (tertiary alicyclic amines) is 1. The van der Waals surface area contributed by atoms with Crippen molar-refractivity contribution in [1.82, 2.24) is 4.90 Å². The van der Waals surface area contributed by atoms with Gasteiger partial charge in [0.15, 0.2) is 0 Å². The van der Waals surface area contributed by atoms with E-state index in [2.05, 4.69) is 34.8 Å². The highest BCUT2D eigenvalue weighted by atomic mass is 79.9. The number of halogens is 1. The molecule has 1 nitrogen and oxygen atoms in total. The second-order valence-corrected chi connectivity index (χ2v) is 6.03. The molecule has 0 bridgehead atoms. The lowest BCUT2D eigenvalue weighted by Crippen LogP contribution is -2.45. The van der Waals surface area contributed by atoms with Gasteiger partial charge in [-0.2, -0.15) is 0 Å². The van der Waals surface area contributed by atoms with E-state index < -0.39 is 0 Å². The molecule has 0 radical (unpaired) electrons. The van der Waals surface area contributed by atoms with E-state index in [1.54, 1.807) is 0 Å². The molecule has 1 saturated heterocycles. The van der Waals surface area contributed by atoms with E-state index in [0.717, 1.165) is 23.8 Å². The number of alkyl halides is 1. The number of piperidine rings is 1. The van der Waals surface area contributed by atoms with Gasteiger partial charge in [-0.1, -0.05) is 15.9 Å². The molecule has 0 amide bonds. The number of hydrogen-bond acceptors (Lipinski definition) is 1. The molecular formula is C12H22BrN. The van der Waals surface area contributed by atoms with Crippen molar-refractivity contribution >= 4 is 15.9 Å². The summed E-state index contributed by atoms with van der Waals surface area (Å²) in [6, 6.07) is 0.810. The average Bonchev–Trinajstić information content (AvgIpc) is 2.19. The van der Waals surface area contributed by atoms with E-state index in [9.17, 15) is 0 Å². The van der Waals surface area contributed by atoms with Gasteiger partial charge in [-0.25, -0.2) is 0 Å². The summed E-state index contributed by atoms with van der Waals surface area (Å²) in [5, 5.41) is 1.22. The summed E-state index contributed by atoms with van der Waals surface area (Å²) < 4.78 is 0. The van der Waals surface area contributed by atoms with Crippen molar-refractivity contribution in [2.24, 2.45) is 17.8 Å². The summed E-state index contributed by atoms with van der Waals surface area (Å²) in [7, 11) is 2.29. The standard InChI is InChI=1S/C12H22BrN/c1-9-5-12-6-10(7-13)3-4-11(12)8-14(9)2/h9-12H,3-8H2,1-2H3. The van der Waals surface area contributed by atoms with Crippen molar-refractivity contribution in [1.29, 1.82) is 0 Å². The molecule has 2 rings (SSSR count). The van der Waals surface area contributed by atoms with Crippen molar-refractivity contribution in [2.75, 3.05) is 18.9 Å². The average molecular weight is 260 g/mol. The highest BCUT2D eigenvalue weighted by Gasteiger charge is 2.35. The molecule has 1 aliphatic heterocycles. The Morgan fingerprint density at radius 1 is 1.21 bits per heavy atom. The van der Waals surface area contributed by atoms with Crippen molar-refractivity contribution in [3.8, 4) is 0 Å². The molecule has 0 aromatic carbocycles. The predicted octanol–water partition coefficient (Wildman–Crippen LogP) is 3.14. The van der Waals surface area contributed by atoms with Crippen LogP contribution >= 0.6 is 15.9 Å². The Balaban J connectivity index is 1.95. The van der Waals surface area contributed by atoms with Gasteiger partial charge in [0.25, 0.3) is 0 Å². The molecule has 1 heterocycles. The van der Waals surface area contributed by atoms with Gasteiger partial charge in [0.05, 0.1) is 0 Å². The van der Waals surface area contributed by atoms with Crippen molar-refractivity contribution in [2.45, 2.75) is 38.6 Å². The zero-order chi connectivity index (χ0) is 10.1. The molecule has 0 N–H and O–H groups in total. The third-order valence-corrected chi connectivity index (χ3v) is 5.30. The maximum absolute atomic E-state index is 3.64. The smallest absolute Gasteiger partial charge is 0.00667 e. The molecule has 2 fully saturated rings. The van der Waals surface area contributed by atoms with Crippen molar-refractivity contribution in [3.63, 3.8) is 0 Å². The third kappa shape index (κ3) is 2.16. The summed E-state index contributed by atoms with van der Waals surface area (Å²) in [4.78, 5) is 2.55. The van der Waals surface area contributed by atoms with Crippen LogP contribution in [0.3, 0.4) is 0 Å². The normalized spacial score (nSPS) is 44.8. The van der Waals surface area contributed by atoms with Gasteiger partial charge < -0.3 is 4.90 Å². The number of fused-ring (bicyclic) bond motifs is 1. The highest BCUT2D eigenvalue weighted by Crippen LogP contribution is 2.40. The fourth-order valence-electron chi connectivity index (χ4n) is 3.26. The Morgan fingerprint density at radius 2 is 2.00 bits per heavy atom. The van der Waals surface area contributed by atoms with Crippen molar-refractivity contribution in [3.05, 3.63) is 0 Å². The quantitative estimate of drug-likeness (QED) is 0.655. The van der Waals surface area contributed by atoms with E-state index in [1.165, 1.54) is 37.6 Å². The first-order valence-corrected chi connectivity index (χ1v) is 7.09. The molecular weight excluding hydrogens is 238 g/mol. The van der Waals surface area contributed by atoms with E-state index in [1.807, 2.05) is 0 Å². The molecule has 1 aliphatic carbocycles. The summed E-state index contributed by atoms with van der Waals surface area (Å²) in [6.45, 7) is 3.73. The molecule has 2 aliphatic rings. The van der Waals surface area contributed by atoms with Crippen LogP contribution in [0.25, 0.3) is 0 Å². The van der Waals surface area contributed by atoms with Crippen LogP contribution in [-0.2, 0) is 0 Å². The molecule has 0 aromatic rings. The fourth-order valence-corrected chi connectivity index (χ4v) is 3.85. The first kappa shape index (κ1) is 10.9. The molecule has 14 heavy (non-hydrogen) atoms. The van der Waals surface area contributed by atoms with Gasteiger partial charge in [-0.3, -0.25) is 0 Å². The Kier molecular flexibility index (Phi) is 3.54. The molecule has 82 valence electrons.